The third-order valence-electron chi connectivity index (χ3n) is 4.44. The Morgan fingerprint density at radius 3 is 2.58 bits per heavy atom. The zero-order valence-electron chi connectivity index (χ0n) is 16.6. The summed E-state index contributed by atoms with van der Waals surface area (Å²) in [5.74, 6) is 2.16. The molecule has 4 rings (SSSR count). The first-order valence-corrected chi connectivity index (χ1v) is 10.8. The summed E-state index contributed by atoms with van der Waals surface area (Å²) in [7, 11) is 1.62. The van der Waals surface area contributed by atoms with Gasteiger partial charge in [0.05, 0.1) is 25.7 Å². The maximum atomic E-state index is 12.3. The van der Waals surface area contributed by atoms with E-state index < -0.39 is 0 Å². The van der Waals surface area contributed by atoms with Crippen LogP contribution in [0.2, 0.25) is 5.02 Å². The largest absolute Gasteiger partial charge is 0.497 e. The van der Waals surface area contributed by atoms with Gasteiger partial charge >= 0.3 is 0 Å². The molecule has 0 radical (unpaired) electrons. The highest BCUT2D eigenvalue weighted by molar-refractivity contribution is 7.99. The van der Waals surface area contributed by atoms with Crippen LogP contribution in [0, 0.1) is 0 Å². The summed E-state index contributed by atoms with van der Waals surface area (Å²) in [4.78, 5) is 12.3. The highest BCUT2D eigenvalue weighted by Crippen LogP contribution is 2.29. The molecule has 0 saturated carbocycles. The van der Waals surface area contributed by atoms with Crippen LogP contribution in [0.4, 0.5) is 0 Å². The number of aromatic nitrogens is 3. The fourth-order valence-corrected chi connectivity index (χ4v) is 3.80. The second kappa shape index (κ2) is 9.72. The molecular formula is C22H19ClN4O3S. The highest BCUT2D eigenvalue weighted by atomic mass is 35.5. The third-order valence-corrected chi connectivity index (χ3v) is 5.62. The molecule has 1 N–H and O–H groups in total. The van der Waals surface area contributed by atoms with Gasteiger partial charge in [0.25, 0.3) is 0 Å². The van der Waals surface area contributed by atoms with Crippen LogP contribution in [0.15, 0.2) is 76.5 Å². The van der Waals surface area contributed by atoms with E-state index in [1.807, 2.05) is 47.0 Å². The van der Waals surface area contributed by atoms with Crippen molar-refractivity contribution in [1.29, 1.82) is 0 Å². The molecule has 1 amide bonds. The van der Waals surface area contributed by atoms with Gasteiger partial charge in [0.1, 0.15) is 11.5 Å². The number of furan rings is 1. The summed E-state index contributed by atoms with van der Waals surface area (Å²) >= 11 is 7.34. The highest BCUT2D eigenvalue weighted by Gasteiger charge is 2.17. The van der Waals surface area contributed by atoms with Gasteiger partial charge in [0.15, 0.2) is 11.0 Å². The van der Waals surface area contributed by atoms with Crippen LogP contribution in [-0.2, 0) is 11.3 Å². The lowest BCUT2D eigenvalue weighted by atomic mass is 10.2. The van der Waals surface area contributed by atoms with E-state index in [1.54, 1.807) is 31.6 Å². The molecule has 2 heterocycles. The van der Waals surface area contributed by atoms with Crippen LogP contribution in [0.3, 0.4) is 0 Å². The van der Waals surface area contributed by atoms with Crippen LogP contribution in [0.25, 0.3) is 17.1 Å². The molecule has 4 aromatic rings. The lowest BCUT2D eigenvalue weighted by Gasteiger charge is -2.11. The van der Waals surface area contributed by atoms with Gasteiger partial charge in [-0.2, -0.15) is 0 Å². The number of methoxy groups -OCH3 is 1. The minimum absolute atomic E-state index is 0.126. The van der Waals surface area contributed by atoms with Crippen LogP contribution in [0.5, 0.6) is 5.75 Å². The third kappa shape index (κ3) is 5.10. The number of nitrogens with zero attached hydrogens (tertiary/aromatic N) is 3. The summed E-state index contributed by atoms with van der Waals surface area (Å²) in [6.45, 7) is 0.341. The summed E-state index contributed by atoms with van der Waals surface area (Å²) in [6.07, 6.45) is 1.58. The van der Waals surface area contributed by atoms with Crippen molar-refractivity contribution in [3.05, 3.63) is 77.7 Å². The summed E-state index contributed by atoms with van der Waals surface area (Å²) in [5, 5.41) is 12.8. The summed E-state index contributed by atoms with van der Waals surface area (Å²) in [6, 6.07) is 18.5. The molecule has 0 spiro atoms. The van der Waals surface area contributed by atoms with Crippen molar-refractivity contribution in [3.63, 3.8) is 0 Å². The van der Waals surface area contributed by atoms with E-state index in [2.05, 4.69) is 15.5 Å². The number of rotatable bonds is 8. The molecule has 0 saturated heterocycles. The van der Waals surface area contributed by atoms with Crippen molar-refractivity contribution >= 4 is 29.3 Å². The normalized spacial score (nSPS) is 10.8. The molecule has 9 heteroatoms. The molecule has 0 aliphatic carbocycles. The summed E-state index contributed by atoms with van der Waals surface area (Å²) < 4.78 is 12.4. The standard InChI is InChI=1S/C22H19ClN4O3S/c1-29-18-10-8-17(9-11-18)27-21(15-4-6-16(23)7-5-15)25-26-22(27)31-14-20(28)24-13-19-3-2-12-30-19/h2-12H,13-14H2,1H3,(H,24,28). The van der Waals surface area contributed by atoms with E-state index in [4.69, 9.17) is 20.8 Å². The molecule has 0 atom stereocenters. The Kier molecular flexibility index (Phi) is 6.59. The van der Waals surface area contributed by atoms with Crippen molar-refractivity contribution in [1.82, 2.24) is 20.1 Å². The van der Waals surface area contributed by atoms with E-state index in [-0.39, 0.29) is 11.7 Å². The molecule has 0 aliphatic rings. The fraction of sp³-hybridized carbons (Fsp3) is 0.136. The lowest BCUT2D eigenvalue weighted by molar-refractivity contribution is -0.118. The Morgan fingerprint density at radius 1 is 1.13 bits per heavy atom. The number of hydrogen-bond donors (Lipinski definition) is 1. The van der Waals surface area contributed by atoms with Crippen molar-refractivity contribution in [2.45, 2.75) is 11.7 Å². The summed E-state index contributed by atoms with van der Waals surface area (Å²) in [5.41, 5.74) is 1.72. The van der Waals surface area contributed by atoms with E-state index >= 15 is 0 Å². The van der Waals surface area contributed by atoms with Gasteiger partial charge in [0.2, 0.25) is 5.91 Å². The van der Waals surface area contributed by atoms with E-state index in [0.717, 1.165) is 17.0 Å². The van der Waals surface area contributed by atoms with Crippen molar-refractivity contribution in [2.24, 2.45) is 0 Å². The van der Waals surface area contributed by atoms with Gasteiger partial charge < -0.3 is 14.5 Å². The zero-order chi connectivity index (χ0) is 21.6. The van der Waals surface area contributed by atoms with E-state index in [9.17, 15) is 4.79 Å². The van der Waals surface area contributed by atoms with Gasteiger partial charge in [-0.3, -0.25) is 9.36 Å². The average Bonchev–Trinajstić information content (AvgIpc) is 3.47. The minimum atomic E-state index is -0.126. The second-order valence-corrected chi connectivity index (χ2v) is 7.87. The molecule has 0 fully saturated rings. The first-order chi connectivity index (χ1) is 15.1. The Morgan fingerprint density at radius 2 is 1.90 bits per heavy atom. The van der Waals surface area contributed by atoms with Crippen LogP contribution < -0.4 is 10.1 Å². The number of amides is 1. The molecule has 31 heavy (non-hydrogen) atoms. The van der Waals surface area contributed by atoms with Crippen LogP contribution in [0.1, 0.15) is 5.76 Å². The van der Waals surface area contributed by atoms with Gasteiger partial charge in [0, 0.05) is 16.3 Å². The molecule has 0 aliphatic heterocycles. The number of nitrogens with one attached hydrogen (secondary N) is 1. The number of carbonyl (C=O) groups is 1. The average molecular weight is 455 g/mol. The first-order valence-electron chi connectivity index (χ1n) is 9.41. The van der Waals surface area contributed by atoms with Gasteiger partial charge in [-0.25, -0.2) is 0 Å². The minimum Gasteiger partial charge on any atom is -0.497 e. The van der Waals surface area contributed by atoms with Gasteiger partial charge in [-0.15, -0.1) is 10.2 Å². The molecule has 2 aromatic heterocycles. The Balaban J connectivity index is 1.57. The number of thioether (sulfide) groups is 1. The molecular weight excluding hydrogens is 436 g/mol. The molecule has 2 aromatic carbocycles. The monoisotopic (exact) mass is 454 g/mol. The van der Waals surface area contributed by atoms with Crippen LogP contribution in [-0.4, -0.2) is 33.5 Å². The molecule has 158 valence electrons. The van der Waals surface area contributed by atoms with Gasteiger partial charge in [-0.05, 0) is 60.7 Å². The van der Waals surface area contributed by atoms with Gasteiger partial charge in [-0.1, -0.05) is 23.4 Å². The van der Waals surface area contributed by atoms with Crippen molar-refractivity contribution in [3.8, 4) is 22.8 Å². The quantitative estimate of drug-likeness (QED) is 0.392. The number of halogens is 1. The van der Waals surface area contributed by atoms with E-state index in [0.29, 0.717) is 28.3 Å². The number of carbonyl (C=O) groups excluding carboxylic acids is 1. The first kappa shape index (κ1) is 21.0. The Hall–Kier alpha value is -3.23. The maximum absolute atomic E-state index is 12.3. The number of hydrogen-bond acceptors (Lipinski definition) is 6. The molecule has 0 unspecified atom stereocenters. The predicted molar refractivity (Wildman–Crippen MR) is 120 cm³/mol. The molecule has 0 bridgehead atoms. The maximum Gasteiger partial charge on any atom is 0.230 e. The SMILES string of the molecule is COc1ccc(-n2c(SCC(=O)NCc3ccco3)nnc2-c2ccc(Cl)cc2)cc1. The van der Waals surface area contributed by atoms with E-state index in [1.165, 1.54) is 11.8 Å². The second-order valence-electron chi connectivity index (χ2n) is 6.49. The topological polar surface area (TPSA) is 82.2 Å². The number of ether oxygens (including phenoxy) is 1. The van der Waals surface area contributed by atoms with Crippen molar-refractivity contribution in [2.75, 3.05) is 12.9 Å². The zero-order valence-corrected chi connectivity index (χ0v) is 18.2. The van der Waals surface area contributed by atoms with Crippen molar-refractivity contribution < 1.29 is 13.9 Å². The Labute approximate surface area is 188 Å². The smallest absolute Gasteiger partial charge is 0.230 e. The predicted octanol–water partition coefficient (Wildman–Crippen LogP) is 4.60. The molecule has 7 nitrogen and oxygen atoms in total. The van der Waals surface area contributed by atoms with Crippen LogP contribution >= 0.6 is 23.4 Å². The lowest BCUT2D eigenvalue weighted by Crippen LogP contribution is -2.24. The fourth-order valence-electron chi connectivity index (χ4n) is 2.89. The Bertz CT molecular complexity index is 1140. The number of benzene rings is 2.